The molecule has 0 aliphatic heterocycles. The second-order valence-electron chi connectivity index (χ2n) is 5.27. The lowest BCUT2D eigenvalue weighted by Gasteiger charge is -2.10. The normalized spacial score (nSPS) is 11.1. The lowest BCUT2D eigenvalue weighted by molar-refractivity contribution is -0.119. The zero-order valence-corrected chi connectivity index (χ0v) is 16.6. The summed E-state index contributed by atoms with van der Waals surface area (Å²) in [5.41, 5.74) is 1.32. The van der Waals surface area contributed by atoms with E-state index in [0.717, 1.165) is 16.1 Å². The van der Waals surface area contributed by atoms with Crippen LogP contribution in [0.5, 0.6) is 0 Å². The molecule has 0 fully saturated rings. The Balaban J connectivity index is 2.03. The molecule has 0 aromatic heterocycles. The van der Waals surface area contributed by atoms with E-state index in [0.29, 0.717) is 5.69 Å². The van der Waals surface area contributed by atoms with Gasteiger partial charge in [-0.05, 0) is 48.9 Å². The van der Waals surface area contributed by atoms with Gasteiger partial charge >= 0.3 is 5.97 Å². The average Bonchev–Trinajstić information content (AvgIpc) is 2.54. The molecule has 3 N–H and O–H groups in total. The fourth-order valence-electron chi connectivity index (χ4n) is 2.02. The number of nitrogens with two attached hydrogens (primary N) is 1. The monoisotopic (exact) mass is 460 g/mol. The van der Waals surface area contributed by atoms with Crippen molar-refractivity contribution in [2.75, 3.05) is 11.9 Å². The number of primary sulfonamides is 1. The Bertz CT molecular complexity index is 979. The summed E-state index contributed by atoms with van der Waals surface area (Å²) >= 11 is 9.07. The van der Waals surface area contributed by atoms with Crippen LogP contribution in [0.2, 0.25) is 5.02 Å². The molecule has 0 aliphatic carbocycles. The SMILES string of the molecule is Cc1cc(Br)ccc1NC(=O)COC(=O)c1ccc(Cl)c(S(N)(=O)=O)c1. The summed E-state index contributed by atoms with van der Waals surface area (Å²) in [6.45, 7) is 1.27. The molecule has 2 rings (SSSR count). The van der Waals surface area contributed by atoms with Crippen molar-refractivity contribution in [1.29, 1.82) is 0 Å². The van der Waals surface area contributed by atoms with Crippen molar-refractivity contribution in [1.82, 2.24) is 0 Å². The molecule has 26 heavy (non-hydrogen) atoms. The van der Waals surface area contributed by atoms with E-state index in [1.165, 1.54) is 12.1 Å². The first-order chi connectivity index (χ1) is 12.1. The number of nitrogens with one attached hydrogen (secondary N) is 1. The molecular weight excluding hydrogens is 448 g/mol. The standard InChI is InChI=1S/C16H14BrClN2O5S/c1-9-6-11(17)3-5-13(9)20-15(21)8-25-16(22)10-2-4-12(18)14(7-10)26(19,23)24/h2-7H,8H2,1H3,(H,20,21)(H2,19,23,24). The molecule has 0 radical (unpaired) electrons. The summed E-state index contributed by atoms with van der Waals surface area (Å²) in [5.74, 6) is -1.42. The Morgan fingerprint density at radius 2 is 1.92 bits per heavy atom. The Kier molecular flexibility index (Phi) is 6.40. The molecular formula is C16H14BrClN2O5S. The van der Waals surface area contributed by atoms with Gasteiger partial charge in [-0.2, -0.15) is 0 Å². The van der Waals surface area contributed by atoms with Gasteiger partial charge in [-0.15, -0.1) is 0 Å². The number of hydrogen-bond donors (Lipinski definition) is 2. The third kappa shape index (κ3) is 5.28. The summed E-state index contributed by atoms with van der Waals surface area (Å²) in [5, 5.41) is 7.52. The maximum atomic E-state index is 12.0. The molecule has 2 aromatic rings. The van der Waals surface area contributed by atoms with Crippen molar-refractivity contribution >= 4 is 55.1 Å². The first-order valence-corrected chi connectivity index (χ1v) is 9.85. The Labute approximate surface area is 163 Å². The van der Waals surface area contributed by atoms with Crippen LogP contribution < -0.4 is 10.5 Å². The maximum Gasteiger partial charge on any atom is 0.338 e. The number of sulfonamides is 1. The zero-order chi connectivity index (χ0) is 19.5. The van der Waals surface area contributed by atoms with Crippen LogP contribution in [0, 0.1) is 6.92 Å². The number of anilines is 1. The predicted molar refractivity (Wildman–Crippen MR) is 101 cm³/mol. The van der Waals surface area contributed by atoms with Crippen LogP contribution >= 0.6 is 27.5 Å². The third-order valence-corrected chi connectivity index (χ3v) is 5.16. The number of carbonyl (C=O) groups is 2. The number of amides is 1. The van der Waals surface area contributed by atoms with E-state index >= 15 is 0 Å². The van der Waals surface area contributed by atoms with Gasteiger partial charge in [-0.3, -0.25) is 4.79 Å². The number of benzene rings is 2. The van der Waals surface area contributed by atoms with Gasteiger partial charge in [0.05, 0.1) is 10.6 Å². The second kappa shape index (κ2) is 8.17. The third-order valence-electron chi connectivity index (χ3n) is 3.27. The lowest BCUT2D eigenvalue weighted by atomic mass is 10.2. The van der Waals surface area contributed by atoms with Gasteiger partial charge in [0.25, 0.3) is 5.91 Å². The number of halogens is 2. The largest absolute Gasteiger partial charge is 0.452 e. The number of esters is 1. The Hall–Kier alpha value is -1.94. The molecule has 0 saturated carbocycles. The fraction of sp³-hybridized carbons (Fsp3) is 0.125. The van der Waals surface area contributed by atoms with Crippen LogP contribution in [0.25, 0.3) is 0 Å². The first kappa shape index (κ1) is 20.4. The minimum Gasteiger partial charge on any atom is -0.452 e. The smallest absolute Gasteiger partial charge is 0.338 e. The highest BCUT2D eigenvalue weighted by atomic mass is 79.9. The van der Waals surface area contributed by atoms with Crippen molar-refractivity contribution < 1.29 is 22.7 Å². The molecule has 1 amide bonds. The highest BCUT2D eigenvalue weighted by Gasteiger charge is 2.18. The van der Waals surface area contributed by atoms with Crippen LogP contribution in [-0.2, 0) is 19.6 Å². The van der Waals surface area contributed by atoms with Crippen molar-refractivity contribution in [3.05, 3.63) is 57.0 Å². The lowest BCUT2D eigenvalue weighted by Crippen LogP contribution is -2.21. The highest BCUT2D eigenvalue weighted by Crippen LogP contribution is 2.22. The van der Waals surface area contributed by atoms with E-state index in [2.05, 4.69) is 21.2 Å². The molecule has 0 spiro atoms. The van der Waals surface area contributed by atoms with Crippen LogP contribution in [0.4, 0.5) is 5.69 Å². The van der Waals surface area contributed by atoms with E-state index < -0.39 is 33.4 Å². The number of hydrogen-bond acceptors (Lipinski definition) is 5. The van der Waals surface area contributed by atoms with Gasteiger partial charge in [0.2, 0.25) is 10.0 Å². The summed E-state index contributed by atoms with van der Waals surface area (Å²) in [6, 6.07) is 8.77. The van der Waals surface area contributed by atoms with E-state index in [4.69, 9.17) is 21.5 Å². The van der Waals surface area contributed by atoms with Gasteiger partial charge in [0.15, 0.2) is 6.61 Å². The summed E-state index contributed by atoms with van der Waals surface area (Å²) in [7, 11) is -4.09. The topological polar surface area (TPSA) is 116 Å². The highest BCUT2D eigenvalue weighted by molar-refractivity contribution is 9.10. The van der Waals surface area contributed by atoms with Crippen LogP contribution in [-0.4, -0.2) is 26.9 Å². The Morgan fingerprint density at radius 1 is 1.23 bits per heavy atom. The predicted octanol–water partition coefficient (Wildman–Crippen LogP) is 2.85. The molecule has 0 unspecified atom stereocenters. The summed E-state index contributed by atoms with van der Waals surface area (Å²) in [4.78, 5) is 23.5. The summed E-state index contributed by atoms with van der Waals surface area (Å²) < 4.78 is 28.6. The summed E-state index contributed by atoms with van der Waals surface area (Å²) in [6.07, 6.45) is 0. The van der Waals surface area contributed by atoms with Gasteiger partial charge in [-0.25, -0.2) is 18.4 Å². The zero-order valence-electron chi connectivity index (χ0n) is 13.5. The van der Waals surface area contributed by atoms with Gasteiger partial charge in [-0.1, -0.05) is 27.5 Å². The number of aryl methyl sites for hydroxylation is 1. The van der Waals surface area contributed by atoms with Crippen molar-refractivity contribution in [2.45, 2.75) is 11.8 Å². The van der Waals surface area contributed by atoms with E-state index in [1.54, 1.807) is 12.1 Å². The number of ether oxygens (including phenoxy) is 1. The van der Waals surface area contributed by atoms with Crippen molar-refractivity contribution in [3.63, 3.8) is 0 Å². The van der Waals surface area contributed by atoms with Crippen molar-refractivity contribution in [2.24, 2.45) is 5.14 Å². The van der Waals surface area contributed by atoms with Gasteiger partial charge < -0.3 is 10.1 Å². The molecule has 7 nitrogen and oxygen atoms in total. The van der Waals surface area contributed by atoms with E-state index in [1.807, 2.05) is 13.0 Å². The molecule has 138 valence electrons. The van der Waals surface area contributed by atoms with E-state index in [9.17, 15) is 18.0 Å². The minimum atomic E-state index is -4.09. The molecule has 2 aromatic carbocycles. The molecule has 0 atom stereocenters. The van der Waals surface area contributed by atoms with Crippen molar-refractivity contribution in [3.8, 4) is 0 Å². The Morgan fingerprint density at radius 3 is 2.54 bits per heavy atom. The molecule has 0 heterocycles. The quantitative estimate of drug-likeness (QED) is 0.664. The first-order valence-electron chi connectivity index (χ1n) is 7.13. The number of carbonyl (C=O) groups excluding carboxylic acids is 2. The second-order valence-corrected chi connectivity index (χ2v) is 8.13. The number of rotatable bonds is 5. The van der Waals surface area contributed by atoms with E-state index in [-0.39, 0.29) is 10.6 Å². The molecule has 0 saturated heterocycles. The van der Waals surface area contributed by atoms with Crippen LogP contribution in [0.3, 0.4) is 0 Å². The molecule has 0 aliphatic rings. The maximum absolute atomic E-state index is 12.0. The van der Waals surface area contributed by atoms with Crippen LogP contribution in [0.1, 0.15) is 15.9 Å². The van der Waals surface area contributed by atoms with Crippen LogP contribution in [0.15, 0.2) is 45.8 Å². The average molecular weight is 462 g/mol. The van der Waals surface area contributed by atoms with Gasteiger partial charge in [0.1, 0.15) is 4.90 Å². The molecule has 10 heteroatoms. The fourth-order valence-corrected chi connectivity index (χ4v) is 3.56. The van der Waals surface area contributed by atoms with Gasteiger partial charge in [0, 0.05) is 10.2 Å². The minimum absolute atomic E-state index is 0.0916. The molecule has 0 bridgehead atoms.